The molecular formula is C21H20F2N8O4S. The quantitative estimate of drug-likeness (QED) is 0.266. The Morgan fingerprint density at radius 3 is 2.56 bits per heavy atom. The third-order valence-corrected chi connectivity index (χ3v) is 6.55. The lowest BCUT2D eigenvalue weighted by atomic mass is 10.0. The van der Waals surface area contributed by atoms with Crippen LogP contribution in [0, 0.1) is 24.0 Å². The van der Waals surface area contributed by atoms with Crippen LogP contribution in [-0.4, -0.2) is 41.3 Å². The number of hydrogen-bond acceptors (Lipinski definition) is 8. The molecule has 0 aliphatic heterocycles. The lowest BCUT2D eigenvalue weighted by molar-refractivity contribution is -0.392. The lowest BCUT2D eigenvalue weighted by Crippen LogP contribution is -2.22. The van der Waals surface area contributed by atoms with Crippen molar-refractivity contribution in [2.24, 2.45) is 5.73 Å². The van der Waals surface area contributed by atoms with E-state index < -0.39 is 35.4 Å². The van der Waals surface area contributed by atoms with E-state index in [-0.39, 0.29) is 32.2 Å². The first-order chi connectivity index (χ1) is 17.0. The molecule has 0 aliphatic rings. The van der Waals surface area contributed by atoms with Gasteiger partial charge in [0.25, 0.3) is 18.2 Å². The summed E-state index contributed by atoms with van der Waals surface area (Å²) in [7, 11) is 0. The molecule has 0 bridgehead atoms. The smallest absolute Gasteiger partial charge is 0.345 e. The van der Waals surface area contributed by atoms with Gasteiger partial charge in [0.2, 0.25) is 0 Å². The number of primary amides is 1. The molecule has 4 aromatic rings. The number of nitro groups is 1. The Kier molecular flexibility index (Phi) is 6.49. The Labute approximate surface area is 205 Å². The van der Waals surface area contributed by atoms with E-state index in [9.17, 15) is 28.5 Å². The lowest BCUT2D eigenvalue weighted by Gasteiger charge is -2.11. The van der Waals surface area contributed by atoms with Crippen LogP contribution in [0.15, 0.2) is 18.3 Å². The van der Waals surface area contributed by atoms with Crippen LogP contribution in [0.25, 0.3) is 21.3 Å². The molecule has 15 heteroatoms. The Hall–Kier alpha value is -4.27. The number of amides is 2. The van der Waals surface area contributed by atoms with Gasteiger partial charge in [0, 0.05) is 23.2 Å². The number of hydrogen-bond donors (Lipinski definition) is 2. The third-order valence-electron chi connectivity index (χ3n) is 5.45. The molecule has 0 saturated heterocycles. The predicted molar refractivity (Wildman–Crippen MR) is 127 cm³/mol. The maximum atomic E-state index is 13.7. The number of halogens is 2. The largest absolute Gasteiger partial charge is 0.365 e. The fourth-order valence-corrected chi connectivity index (χ4v) is 4.89. The van der Waals surface area contributed by atoms with Gasteiger partial charge in [0.05, 0.1) is 23.6 Å². The summed E-state index contributed by atoms with van der Waals surface area (Å²) in [5, 5.41) is 22.3. The van der Waals surface area contributed by atoms with Crippen molar-refractivity contribution in [3.05, 3.63) is 50.4 Å². The molecule has 3 N–H and O–H groups in total. The summed E-state index contributed by atoms with van der Waals surface area (Å²) in [5.74, 6) is -2.03. The van der Waals surface area contributed by atoms with Crippen LogP contribution in [0.2, 0.25) is 0 Å². The number of carbonyl (C=O) groups is 2. The molecule has 0 aromatic carbocycles. The van der Waals surface area contributed by atoms with Crippen molar-refractivity contribution in [2.45, 2.75) is 40.3 Å². The second kappa shape index (κ2) is 9.41. The Morgan fingerprint density at radius 1 is 1.25 bits per heavy atom. The van der Waals surface area contributed by atoms with Crippen LogP contribution in [-0.2, 0) is 17.9 Å². The molecule has 188 valence electrons. The molecule has 0 spiro atoms. The minimum absolute atomic E-state index is 0.0222. The summed E-state index contributed by atoms with van der Waals surface area (Å²) in [6, 6.07) is 2.40. The third kappa shape index (κ3) is 4.39. The van der Waals surface area contributed by atoms with Crippen molar-refractivity contribution in [1.82, 2.24) is 24.5 Å². The molecule has 0 saturated carbocycles. The number of alkyl halides is 2. The van der Waals surface area contributed by atoms with Crippen molar-refractivity contribution < 1.29 is 23.3 Å². The number of thiophene rings is 1. The highest BCUT2D eigenvalue weighted by molar-refractivity contribution is 7.21. The maximum absolute atomic E-state index is 13.7. The number of aromatic nitrogens is 5. The fraction of sp³-hybridized carbons (Fsp3) is 0.286. The van der Waals surface area contributed by atoms with Gasteiger partial charge in [-0.15, -0.1) is 16.0 Å². The molecule has 4 heterocycles. The SMILES string of the molecule is CCn1ncc(-c2cc(C(F)F)nc3sc(C(N)=O)c(NC(=O)Cn4nc(C)cc4[N+](=O)[O-])c23)c1C. The van der Waals surface area contributed by atoms with Gasteiger partial charge in [-0.1, -0.05) is 5.10 Å². The Balaban J connectivity index is 1.88. The molecule has 4 rings (SSSR count). The van der Waals surface area contributed by atoms with Gasteiger partial charge in [0.1, 0.15) is 15.4 Å². The number of carbonyl (C=O) groups excluding carboxylic acids is 2. The van der Waals surface area contributed by atoms with Crippen molar-refractivity contribution in [3.8, 4) is 11.1 Å². The van der Waals surface area contributed by atoms with Gasteiger partial charge >= 0.3 is 5.82 Å². The Bertz CT molecular complexity index is 1520. The first kappa shape index (κ1) is 24.8. The van der Waals surface area contributed by atoms with Crippen LogP contribution in [0.1, 0.15) is 40.1 Å². The molecule has 0 aliphatic carbocycles. The standard InChI is InChI=1S/C21H20F2N8O4S/c1-4-29-10(3)12(7-25-29)11-6-13(19(22)23)26-21-16(11)17(18(36-21)20(24)33)27-14(32)8-30-15(31(34)35)5-9(2)28-30/h5-7,19H,4,8H2,1-3H3,(H2,24,33)(H,27,32). The number of fused-ring (bicyclic) bond motifs is 1. The molecule has 2 amide bonds. The average Bonchev–Trinajstić information content (AvgIpc) is 3.48. The minimum atomic E-state index is -2.89. The molecule has 0 radical (unpaired) electrons. The van der Waals surface area contributed by atoms with Gasteiger partial charge in [-0.2, -0.15) is 5.10 Å². The predicted octanol–water partition coefficient (Wildman–Crippen LogP) is 3.58. The zero-order chi connectivity index (χ0) is 26.3. The van der Waals surface area contributed by atoms with E-state index >= 15 is 0 Å². The normalized spacial score (nSPS) is 11.4. The second-order valence-electron chi connectivity index (χ2n) is 7.81. The number of aryl methyl sites for hydroxylation is 2. The van der Waals surface area contributed by atoms with E-state index in [1.54, 1.807) is 11.6 Å². The zero-order valence-corrected chi connectivity index (χ0v) is 20.1. The zero-order valence-electron chi connectivity index (χ0n) is 19.3. The molecule has 12 nitrogen and oxygen atoms in total. The summed E-state index contributed by atoms with van der Waals surface area (Å²) < 4.78 is 29.9. The van der Waals surface area contributed by atoms with Gasteiger partial charge < -0.3 is 21.2 Å². The number of rotatable bonds is 8. The van der Waals surface area contributed by atoms with Crippen molar-refractivity contribution >= 4 is 44.9 Å². The van der Waals surface area contributed by atoms with E-state index in [4.69, 9.17) is 5.73 Å². The van der Waals surface area contributed by atoms with E-state index in [0.29, 0.717) is 23.5 Å². The fourth-order valence-electron chi connectivity index (χ4n) is 3.87. The number of nitrogens with zero attached hydrogens (tertiary/aromatic N) is 6. The van der Waals surface area contributed by atoms with Gasteiger partial charge in [-0.3, -0.25) is 14.3 Å². The molecule has 4 aromatic heterocycles. The number of nitrogens with two attached hydrogens (primary N) is 1. The second-order valence-corrected chi connectivity index (χ2v) is 8.81. The van der Waals surface area contributed by atoms with E-state index in [2.05, 4.69) is 20.5 Å². The van der Waals surface area contributed by atoms with E-state index in [1.165, 1.54) is 25.3 Å². The first-order valence-electron chi connectivity index (χ1n) is 10.6. The Morgan fingerprint density at radius 2 is 1.97 bits per heavy atom. The summed E-state index contributed by atoms with van der Waals surface area (Å²) in [6.45, 7) is 5.16. The number of anilines is 1. The minimum Gasteiger partial charge on any atom is -0.365 e. The van der Waals surface area contributed by atoms with Crippen LogP contribution < -0.4 is 11.1 Å². The molecule has 0 fully saturated rings. The van der Waals surface area contributed by atoms with Gasteiger partial charge in [-0.05, 0) is 37.3 Å². The van der Waals surface area contributed by atoms with Gasteiger partial charge in [-0.25, -0.2) is 13.8 Å². The van der Waals surface area contributed by atoms with E-state index in [1.807, 2.05) is 6.92 Å². The van der Waals surface area contributed by atoms with Crippen molar-refractivity contribution in [3.63, 3.8) is 0 Å². The van der Waals surface area contributed by atoms with Crippen LogP contribution in [0.4, 0.5) is 20.3 Å². The summed E-state index contributed by atoms with van der Waals surface area (Å²) in [5.41, 5.74) is 6.81. The number of nitrogens with one attached hydrogen (secondary N) is 1. The van der Waals surface area contributed by atoms with Crippen LogP contribution >= 0.6 is 11.3 Å². The summed E-state index contributed by atoms with van der Waals surface area (Å²) in [4.78, 5) is 39.7. The van der Waals surface area contributed by atoms with E-state index in [0.717, 1.165) is 16.0 Å². The average molecular weight is 519 g/mol. The highest BCUT2D eigenvalue weighted by Crippen LogP contribution is 2.43. The molecule has 0 atom stereocenters. The number of pyridine rings is 1. The summed E-state index contributed by atoms with van der Waals surface area (Å²) >= 11 is 0.760. The van der Waals surface area contributed by atoms with Crippen molar-refractivity contribution in [2.75, 3.05) is 5.32 Å². The maximum Gasteiger partial charge on any atom is 0.345 e. The highest BCUT2D eigenvalue weighted by Gasteiger charge is 2.27. The van der Waals surface area contributed by atoms with Gasteiger partial charge in [0.15, 0.2) is 6.54 Å². The van der Waals surface area contributed by atoms with Crippen LogP contribution in [0.3, 0.4) is 0 Å². The first-order valence-corrected chi connectivity index (χ1v) is 11.4. The summed E-state index contributed by atoms with van der Waals surface area (Å²) in [6.07, 6.45) is -1.39. The molecule has 0 unspecified atom stereocenters. The monoisotopic (exact) mass is 518 g/mol. The van der Waals surface area contributed by atoms with Crippen molar-refractivity contribution in [1.29, 1.82) is 0 Å². The molecular weight excluding hydrogens is 498 g/mol. The molecule has 36 heavy (non-hydrogen) atoms. The highest BCUT2D eigenvalue weighted by atomic mass is 32.1. The van der Waals surface area contributed by atoms with Crippen LogP contribution in [0.5, 0.6) is 0 Å². The topological polar surface area (TPSA) is 164 Å².